The van der Waals surface area contributed by atoms with Crippen molar-refractivity contribution in [3.8, 4) is 0 Å². The summed E-state index contributed by atoms with van der Waals surface area (Å²) in [6.45, 7) is 0. The van der Waals surface area contributed by atoms with E-state index in [0.29, 0.717) is 0 Å². The van der Waals surface area contributed by atoms with E-state index >= 15 is 0 Å². The Kier molecular flexibility index (Phi) is 5.22. The summed E-state index contributed by atoms with van der Waals surface area (Å²) < 4.78 is 7.52. The maximum atomic E-state index is 4.02. The van der Waals surface area contributed by atoms with E-state index in [-0.39, 0.29) is 6.17 Å². The van der Waals surface area contributed by atoms with Crippen LogP contribution in [0.3, 0.4) is 0 Å². The van der Waals surface area contributed by atoms with E-state index in [9.17, 15) is 0 Å². The average Bonchev–Trinajstić information content (AvgIpc) is 3.76. The molecule has 1 N–H and O–H groups in total. The molecule has 45 heavy (non-hydrogen) atoms. The largest absolute Gasteiger partial charge is 0.347 e. The molecule has 0 radical (unpaired) electrons. The van der Waals surface area contributed by atoms with Gasteiger partial charge in [0, 0.05) is 41.7 Å². The smallest absolute Gasteiger partial charge is 0.125 e. The number of rotatable bonds is 3. The van der Waals surface area contributed by atoms with Gasteiger partial charge in [-0.15, -0.1) is 11.3 Å². The summed E-state index contributed by atoms with van der Waals surface area (Å²) in [7, 11) is 0. The number of allylic oxidation sites excluding steroid dienone is 2. The number of hydrogen-bond donors (Lipinski definition) is 1. The highest BCUT2D eigenvalue weighted by atomic mass is 32.1. The molecule has 10 rings (SSSR count). The number of benzene rings is 6. The van der Waals surface area contributed by atoms with Gasteiger partial charge in [0.15, 0.2) is 0 Å². The molecule has 4 heteroatoms. The normalized spacial score (nSPS) is 15.3. The first-order valence-corrected chi connectivity index (χ1v) is 16.2. The van der Waals surface area contributed by atoms with E-state index in [1.165, 1.54) is 74.9 Å². The summed E-state index contributed by atoms with van der Waals surface area (Å²) in [5, 5.41) is 11.7. The first kappa shape index (κ1) is 24.8. The van der Waals surface area contributed by atoms with Gasteiger partial charge in [-0.2, -0.15) is 0 Å². The highest BCUT2D eigenvalue weighted by molar-refractivity contribution is 7.26. The zero-order chi connectivity index (χ0) is 29.5. The Balaban J connectivity index is 1.28. The number of para-hydroxylation sites is 4. The van der Waals surface area contributed by atoms with Gasteiger partial charge in [0.2, 0.25) is 0 Å². The summed E-state index contributed by atoms with van der Waals surface area (Å²) in [6.07, 6.45) is 4.65. The van der Waals surface area contributed by atoms with Crippen LogP contribution < -0.4 is 5.32 Å². The fourth-order valence-electron chi connectivity index (χ4n) is 7.45. The number of nitrogens with zero attached hydrogens (tertiary/aromatic N) is 2. The molecule has 1 aliphatic rings. The van der Waals surface area contributed by atoms with E-state index in [4.69, 9.17) is 0 Å². The number of hydrogen-bond acceptors (Lipinski definition) is 2. The number of nitrogens with one attached hydrogen (secondary N) is 1. The lowest BCUT2D eigenvalue weighted by molar-refractivity contribution is 0.579. The molecular weight excluding hydrogens is 567 g/mol. The molecule has 0 aliphatic carbocycles. The van der Waals surface area contributed by atoms with Crippen LogP contribution in [0.2, 0.25) is 0 Å². The van der Waals surface area contributed by atoms with E-state index in [2.05, 4.69) is 166 Å². The highest BCUT2D eigenvalue weighted by Crippen LogP contribution is 2.42. The third-order valence-corrected chi connectivity index (χ3v) is 10.6. The molecule has 3 aromatic heterocycles. The van der Waals surface area contributed by atoms with Crippen molar-refractivity contribution in [2.45, 2.75) is 6.17 Å². The van der Waals surface area contributed by atoms with E-state index in [0.717, 1.165) is 5.82 Å². The third-order valence-electron chi connectivity index (χ3n) is 9.36. The Labute approximate surface area is 263 Å². The summed E-state index contributed by atoms with van der Waals surface area (Å²) in [6, 6.07) is 50.6. The lowest BCUT2D eigenvalue weighted by Crippen LogP contribution is -2.29. The summed E-state index contributed by atoms with van der Waals surface area (Å²) in [4.78, 5) is 0. The van der Waals surface area contributed by atoms with Gasteiger partial charge in [-0.3, -0.25) is 4.57 Å². The van der Waals surface area contributed by atoms with E-state index in [1.54, 1.807) is 0 Å². The van der Waals surface area contributed by atoms with Crippen molar-refractivity contribution < 1.29 is 0 Å². The zero-order valence-corrected chi connectivity index (χ0v) is 25.1. The average molecular weight is 594 g/mol. The minimum absolute atomic E-state index is 0.116. The lowest BCUT2D eigenvalue weighted by atomic mass is 9.99. The Morgan fingerprint density at radius 2 is 1.00 bits per heavy atom. The molecule has 0 bridgehead atoms. The number of aromatic nitrogens is 2. The molecule has 0 saturated carbocycles. The van der Waals surface area contributed by atoms with Gasteiger partial charge in [-0.05, 0) is 53.6 Å². The Morgan fingerprint density at radius 1 is 0.489 bits per heavy atom. The Hall–Kier alpha value is -5.58. The van der Waals surface area contributed by atoms with Crippen molar-refractivity contribution in [3.05, 3.63) is 157 Å². The van der Waals surface area contributed by atoms with Crippen LogP contribution >= 0.6 is 11.3 Å². The number of dihydropyridines is 1. The van der Waals surface area contributed by atoms with Crippen molar-refractivity contribution in [3.63, 3.8) is 0 Å². The SMILES string of the molecule is C1=C(c2cccc3c2sc2ccccc23)C=C(n2c3ccccc3c3ccccc32)NC1n1c2ccccc2c2ccccc21. The number of fused-ring (bicyclic) bond motifs is 9. The fraction of sp³-hybridized carbons (Fsp3) is 0.0244. The second kappa shape index (κ2) is 9.46. The van der Waals surface area contributed by atoms with Gasteiger partial charge in [-0.1, -0.05) is 109 Å². The van der Waals surface area contributed by atoms with Crippen molar-refractivity contribution in [2.24, 2.45) is 0 Å². The maximum Gasteiger partial charge on any atom is 0.125 e. The second-order valence-corrected chi connectivity index (χ2v) is 12.8. The molecule has 0 saturated heterocycles. The summed E-state index contributed by atoms with van der Waals surface area (Å²) in [5.41, 5.74) is 7.30. The maximum absolute atomic E-state index is 4.02. The van der Waals surface area contributed by atoms with Gasteiger partial charge in [0.05, 0.1) is 22.1 Å². The van der Waals surface area contributed by atoms with Gasteiger partial charge in [-0.25, -0.2) is 0 Å². The van der Waals surface area contributed by atoms with Gasteiger partial charge < -0.3 is 9.88 Å². The van der Waals surface area contributed by atoms with Crippen molar-refractivity contribution in [2.75, 3.05) is 0 Å². The minimum atomic E-state index is -0.116. The molecule has 4 heterocycles. The number of thiophene rings is 1. The van der Waals surface area contributed by atoms with Crippen LogP contribution in [0.15, 0.2) is 152 Å². The highest BCUT2D eigenvalue weighted by Gasteiger charge is 2.25. The Bertz CT molecular complexity index is 2590. The van der Waals surface area contributed by atoms with Gasteiger partial charge in [0.25, 0.3) is 0 Å². The second-order valence-electron chi connectivity index (χ2n) is 11.8. The van der Waals surface area contributed by atoms with Crippen molar-refractivity contribution in [1.29, 1.82) is 0 Å². The van der Waals surface area contributed by atoms with Crippen LogP contribution in [0, 0.1) is 0 Å². The van der Waals surface area contributed by atoms with Crippen LogP contribution in [0.1, 0.15) is 11.7 Å². The molecular formula is C41H27N3S. The molecule has 0 spiro atoms. The van der Waals surface area contributed by atoms with Crippen molar-refractivity contribution >= 4 is 86.5 Å². The summed E-state index contributed by atoms with van der Waals surface area (Å²) >= 11 is 1.89. The molecule has 1 atom stereocenters. The van der Waals surface area contributed by atoms with Crippen LogP contribution in [0.4, 0.5) is 0 Å². The van der Waals surface area contributed by atoms with Crippen molar-refractivity contribution in [1.82, 2.24) is 14.5 Å². The Morgan fingerprint density at radius 3 is 1.64 bits per heavy atom. The quantitative estimate of drug-likeness (QED) is 0.216. The predicted molar refractivity (Wildman–Crippen MR) is 193 cm³/mol. The monoisotopic (exact) mass is 593 g/mol. The standard InChI is InChI=1S/C41H27N3S/c1-6-19-34-28(12-1)29-13-2-7-20-35(29)43(34)39-24-26(27-17-11-18-33-32-16-5-10-23-38(32)45-41(27)33)25-40(42-39)44-36-21-8-3-14-30(36)31-15-4-9-22-37(31)44/h1-25,39,42H. The fourth-order valence-corrected chi connectivity index (χ4v) is 8.68. The molecule has 212 valence electrons. The lowest BCUT2D eigenvalue weighted by Gasteiger charge is -2.29. The van der Waals surface area contributed by atoms with Gasteiger partial charge in [0.1, 0.15) is 12.0 Å². The van der Waals surface area contributed by atoms with Crippen LogP contribution in [0.25, 0.3) is 75.2 Å². The zero-order valence-electron chi connectivity index (χ0n) is 24.3. The van der Waals surface area contributed by atoms with E-state index < -0.39 is 0 Å². The predicted octanol–water partition coefficient (Wildman–Crippen LogP) is 11.0. The topological polar surface area (TPSA) is 21.9 Å². The first-order valence-electron chi connectivity index (χ1n) is 15.4. The van der Waals surface area contributed by atoms with Gasteiger partial charge >= 0.3 is 0 Å². The minimum Gasteiger partial charge on any atom is -0.347 e. The molecule has 9 aromatic rings. The van der Waals surface area contributed by atoms with E-state index in [1.807, 2.05) is 11.3 Å². The molecule has 3 nitrogen and oxygen atoms in total. The van der Waals surface area contributed by atoms with Crippen LogP contribution in [-0.4, -0.2) is 9.13 Å². The molecule has 6 aromatic carbocycles. The van der Waals surface area contributed by atoms with Crippen LogP contribution in [0.5, 0.6) is 0 Å². The molecule has 1 aliphatic heterocycles. The first-order chi connectivity index (χ1) is 22.3. The summed E-state index contributed by atoms with van der Waals surface area (Å²) in [5.74, 6) is 1.06. The molecule has 0 fully saturated rings. The third kappa shape index (κ3) is 3.57. The molecule has 0 amide bonds. The van der Waals surface area contributed by atoms with Crippen LogP contribution in [-0.2, 0) is 0 Å². The molecule has 1 unspecified atom stereocenters.